The lowest BCUT2D eigenvalue weighted by molar-refractivity contribution is -0.136. The van der Waals surface area contributed by atoms with E-state index < -0.39 is 5.60 Å². The van der Waals surface area contributed by atoms with Crippen LogP contribution in [0, 0.1) is 0 Å². The Morgan fingerprint density at radius 1 is 1.30 bits per heavy atom. The van der Waals surface area contributed by atoms with E-state index >= 15 is 0 Å². The van der Waals surface area contributed by atoms with E-state index in [1.54, 1.807) is 17.0 Å². The maximum Gasteiger partial charge on any atom is 0.224 e. The summed E-state index contributed by atoms with van der Waals surface area (Å²) in [5.74, 6) is -0.250. The van der Waals surface area contributed by atoms with E-state index in [4.69, 9.17) is 0 Å². The first kappa shape index (κ1) is 15.8. The molecule has 6 heteroatoms. The van der Waals surface area contributed by atoms with E-state index in [0.29, 0.717) is 12.2 Å². The first-order valence-corrected chi connectivity index (χ1v) is 8.09. The molecule has 1 atom stereocenters. The number of hydrogen-bond acceptors (Lipinski definition) is 4. The second-order valence-corrected chi connectivity index (χ2v) is 6.45. The van der Waals surface area contributed by atoms with Crippen molar-refractivity contribution in [1.82, 2.24) is 4.90 Å². The van der Waals surface area contributed by atoms with Crippen molar-refractivity contribution < 1.29 is 19.8 Å². The number of benzene rings is 1. The number of nitrogens with one attached hydrogen (secondary N) is 1. The van der Waals surface area contributed by atoms with E-state index in [-0.39, 0.29) is 36.4 Å². The highest BCUT2D eigenvalue weighted by molar-refractivity contribution is 5.93. The van der Waals surface area contributed by atoms with Crippen LogP contribution in [0.4, 0.5) is 5.69 Å². The second-order valence-electron chi connectivity index (χ2n) is 6.45. The summed E-state index contributed by atoms with van der Waals surface area (Å²) in [6.45, 7) is 0.667. The molecule has 3 rings (SSSR count). The smallest absolute Gasteiger partial charge is 0.224 e. The lowest BCUT2D eigenvalue weighted by Crippen LogP contribution is -2.44. The molecule has 1 aliphatic carbocycles. The Balaban J connectivity index is 1.49. The normalized spacial score (nSPS) is 22.0. The largest absolute Gasteiger partial charge is 0.508 e. The zero-order chi connectivity index (χ0) is 16.4. The molecule has 23 heavy (non-hydrogen) atoms. The highest BCUT2D eigenvalue weighted by Crippen LogP contribution is 2.44. The molecule has 0 aromatic heterocycles. The van der Waals surface area contributed by atoms with E-state index in [2.05, 4.69) is 5.32 Å². The number of aromatic hydroxyl groups is 1. The zero-order valence-corrected chi connectivity index (χ0v) is 13.0. The van der Waals surface area contributed by atoms with Gasteiger partial charge in [0.2, 0.25) is 11.8 Å². The third kappa shape index (κ3) is 3.64. The van der Waals surface area contributed by atoms with Gasteiger partial charge < -0.3 is 20.4 Å². The summed E-state index contributed by atoms with van der Waals surface area (Å²) in [6, 6.07) is 6.22. The van der Waals surface area contributed by atoms with Crippen molar-refractivity contribution in [3.05, 3.63) is 24.3 Å². The molecule has 0 bridgehead atoms. The topological polar surface area (TPSA) is 89.9 Å². The molecule has 1 saturated carbocycles. The molecule has 1 aromatic carbocycles. The minimum Gasteiger partial charge on any atom is -0.508 e. The van der Waals surface area contributed by atoms with Crippen molar-refractivity contribution >= 4 is 17.5 Å². The summed E-state index contributed by atoms with van der Waals surface area (Å²) in [7, 11) is 0. The van der Waals surface area contributed by atoms with Gasteiger partial charge in [0.1, 0.15) is 5.75 Å². The van der Waals surface area contributed by atoms with Crippen LogP contribution in [0.15, 0.2) is 24.3 Å². The molecule has 124 valence electrons. The van der Waals surface area contributed by atoms with Gasteiger partial charge in [-0.25, -0.2) is 0 Å². The molecule has 0 spiro atoms. The Morgan fingerprint density at radius 2 is 2.09 bits per heavy atom. The minimum atomic E-state index is -0.685. The Bertz CT molecular complexity index is 612. The van der Waals surface area contributed by atoms with Crippen molar-refractivity contribution in [2.45, 2.75) is 50.2 Å². The fourth-order valence-corrected chi connectivity index (χ4v) is 3.26. The van der Waals surface area contributed by atoms with Gasteiger partial charge in [0.25, 0.3) is 0 Å². The van der Waals surface area contributed by atoms with Gasteiger partial charge in [0, 0.05) is 31.1 Å². The second kappa shape index (κ2) is 6.20. The molecule has 2 amide bonds. The first-order chi connectivity index (χ1) is 11.0. The standard InChI is InChI=1S/C17H22N2O4/c20-13-4-1-3-12(11-13)18-15(21)6-7-16(22)19-10-2-5-14(19)17(23)8-9-17/h1,3-4,11,14,20,23H,2,5-10H2,(H,18,21). The number of phenols is 1. The van der Waals surface area contributed by atoms with Crippen LogP contribution < -0.4 is 5.32 Å². The van der Waals surface area contributed by atoms with Crippen LogP contribution in [0.5, 0.6) is 5.75 Å². The van der Waals surface area contributed by atoms with Gasteiger partial charge in [-0.05, 0) is 37.8 Å². The minimum absolute atomic E-state index is 0.0705. The third-order valence-electron chi connectivity index (χ3n) is 4.65. The quantitative estimate of drug-likeness (QED) is 0.769. The number of aliphatic hydroxyl groups is 1. The van der Waals surface area contributed by atoms with Crippen molar-refractivity contribution in [2.24, 2.45) is 0 Å². The van der Waals surface area contributed by atoms with Crippen molar-refractivity contribution in [1.29, 1.82) is 0 Å². The molecule has 1 saturated heterocycles. The molecule has 1 heterocycles. The van der Waals surface area contributed by atoms with Gasteiger partial charge in [-0.15, -0.1) is 0 Å². The lowest BCUT2D eigenvalue weighted by Gasteiger charge is -2.28. The number of nitrogens with zero attached hydrogens (tertiary/aromatic N) is 1. The molecule has 0 radical (unpaired) electrons. The molecule has 1 aliphatic heterocycles. The zero-order valence-electron chi connectivity index (χ0n) is 13.0. The predicted molar refractivity (Wildman–Crippen MR) is 84.9 cm³/mol. The summed E-state index contributed by atoms with van der Waals surface area (Å²) in [5, 5.41) is 22.3. The van der Waals surface area contributed by atoms with Gasteiger partial charge in [0.15, 0.2) is 0 Å². The number of carbonyl (C=O) groups excluding carboxylic acids is 2. The van der Waals surface area contributed by atoms with E-state index in [1.807, 2.05) is 0 Å². The van der Waals surface area contributed by atoms with E-state index in [1.165, 1.54) is 12.1 Å². The maximum atomic E-state index is 12.3. The van der Waals surface area contributed by atoms with Crippen molar-refractivity contribution in [3.63, 3.8) is 0 Å². The van der Waals surface area contributed by atoms with E-state index in [0.717, 1.165) is 25.7 Å². The lowest BCUT2D eigenvalue weighted by atomic mass is 10.1. The Labute approximate surface area is 135 Å². The third-order valence-corrected chi connectivity index (χ3v) is 4.65. The van der Waals surface area contributed by atoms with Gasteiger partial charge in [0.05, 0.1) is 11.6 Å². The van der Waals surface area contributed by atoms with Crippen LogP contribution in [-0.4, -0.2) is 45.1 Å². The number of phenolic OH excluding ortho intramolecular Hbond substituents is 1. The molecule has 2 aliphatic rings. The molecule has 1 aromatic rings. The molecule has 6 nitrogen and oxygen atoms in total. The van der Waals surface area contributed by atoms with Crippen LogP contribution in [0.3, 0.4) is 0 Å². The Kier molecular flexibility index (Phi) is 4.26. The molecule has 3 N–H and O–H groups in total. The fourth-order valence-electron chi connectivity index (χ4n) is 3.26. The van der Waals surface area contributed by atoms with Crippen LogP contribution in [-0.2, 0) is 9.59 Å². The number of rotatable bonds is 5. The predicted octanol–water partition coefficient (Wildman–Crippen LogP) is 1.63. The maximum absolute atomic E-state index is 12.3. The molecule has 1 unspecified atom stereocenters. The SMILES string of the molecule is O=C(CCC(=O)N1CCCC1C1(O)CC1)Nc1cccc(O)c1. The van der Waals surface area contributed by atoms with Gasteiger partial charge in [-0.3, -0.25) is 9.59 Å². The van der Waals surface area contributed by atoms with Gasteiger partial charge >= 0.3 is 0 Å². The number of amides is 2. The number of anilines is 1. The van der Waals surface area contributed by atoms with Crippen LogP contribution in [0.1, 0.15) is 38.5 Å². The highest BCUT2D eigenvalue weighted by atomic mass is 16.3. The first-order valence-electron chi connectivity index (χ1n) is 8.09. The van der Waals surface area contributed by atoms with Crippen molar-refractivity contribution in [3.8, 4) is 5.75 Å². The number of likely N-dealkylation sites (tertiary alicyclic amines) is 1. The van der Waals surface area contributed by atoms with Gasteiger partial charge in [-0.2, -0.15) is 0 Å². The monoisotopic (exact) mass is 318 g/mol. The molecular weight excluding hydrogens is 296 g/mol. The van der Waals surface area contributed by atoms with Crippen LogP contribution >= 0.6 is 0 Å². The Morgan fingerprint density at radius 3 is 2.78 bits per heavy atom. The summed E-state index contributed by atoms with van der Waals surface area (Å²) < 4.78 is 0. The summed E-state index contributed by atoms with van der Waals surface area (Å²) in [5.41, 5.74) is -0.176. The Hall–Kier alpha value is -2.08. The fraction of sp³-hybridized carbons (Fsp3) is 0.529. The van der Waals surface area contributed by atoms with Crippen LogP contribution in [0.2, 0.25) is 0 Å². The van der Waals surface area contributed by atoms with Crippen molar-refractivity contribution in [2.75, 3.05) is 11.9 Å². The summed E-state index contributed by atoms with van der Waals surface area (Å²) >= 11 is 0. The summed E-state index contributed by atoms with van der Waals surface area (Å²) in [4.78, 5) is 26.0. The van der Waals surface area contributed by atoms with Gasteiger partial charge in [-0.1, -0.05) is 6.07 Å². The van der Waals surface area contributed by atoms with E-state index in [9.17, 15) is 19.8 Å². The average molecular weight is 318 g/mol. The number of hydrogen-bond donors (Lipinski definition) is 3. The highest BCUT2D eigenvalue weighted by Gasteiger charge is 2.52. The molecular formula is C17H22N2O4. The number of carbonyl (C=O) groups is 2. The molecule has 2 fully saturated rings. The summed E-state index contributed by atoms with van der Waals surface area (Å²) in [6.07, 6.45) is 3.51. The average Bonchev–Trinajstić information content (AvgIpc) is 3.06. The van der Waals surface area contributed by atoms with Crippen LogP contribution in [0.25, 0.3) is 0 Å².